The van der Waals surface area contributed by atoms with Crippen molar-refractivity contribution in [3.63, 3.8) is 0 Å². The maximum Gasteiger partial charge on any atom is 0.257 e. The molecule has 0 saturated heterocycles. The molecular formula is C19H16Cl2N2O2. The van der Waals surface area contributed by atoms with E-state index < -0.39 is 0 Å². The molecule has 128 valence electrons. The van der Waals surface area contributed by atoms with Gasteiger partial charge in [0.2, 0.25) is 5.91 Å². The summed E-state index contributed by atoms with van der Waals surface area (Å²) < 4.78 is 0. The number of benzene rings is 2. The van der Waals surface area contributed by atoms with Gasteiger partial charge in [-0.1, -0.05) is 29.3 Å². The fraction of sp³-hybridized carbons (Fsp3) is 0.263. The van der Waals surface area contributed by atoms with Crippen LogP contribution in [0.2, 0.25) is 10.0 Å². The highest BCUT2D eigenvalue weighted by atomic mass is 35.5. The molecule has 0 aromatic heterocycles. The molecule has 4 nitrogen and oxygen atoms in total. The van der Waals surface area contributed by atoms with Gasteiger partial charge in [0.1, 0.15) is 0 Å². The second-order valence-electron chi connectivity index (χ2n) is 6.44. The molecule has 1 saturated carbocycles. The van der Waals surface area contributed by atoms with Crippen LogP contribution in [-0.2, 0) is 11.2 Å². The molecule has 1 N–H and O–H groups in total. The highest BCUT2D eigenvalue weighted by Crippen LogP contribution is 2.37. The van der Waals surface area contributed by atoms with E-state index in [0.717, 1.165) is 30.5 Å². The molecule has 0 radical (unpaired) electrons. The van der Waals surface area contributed by atoms with Gasteiger partial charge in [-0.15, -0.1) is 0 Å². The summed E-state index contributed by atoms with van der Waals surface area (Å²) in [6, 6.07) is 10.4. The predicted octanol–water partition coefficient (Wildman–Crippen LogP) is 4.54. The lowest BCUT2D eigenvalue weighted by Gasteiger charge is -2.18. The zero-order valence-electron chi connectivity index (χ0n) is 13.4. The average molecular weight is 375 g/mol. The summed E-state index contributed by atoms with van der Waals surface area (Å²) in [5.74, 6) is 0.0692. The third kappa shape index (κ3) is 3.24. The molecule has 0 bridgehead atoms. The van der Waals surface area contributed by atoms with Crippen LogP contribution in [0.15, 0.2) is 36.4 Å². The van der Waals surface area contributed by atoms with E-state index in [4.69, 9.17) is 23.2 Å². The Morgan fingerprint density at radius 3 is 2.60 bits per heavy atom. The Bertz CT molecular complexity index is 878. The van der Waals surface area contributed by atoms with Crippen LogP contribution in [0.4, 0.5) is 11.4 Å². The van der Waals surface area contributed by atoms with E-state index >= 15 is 0 Å². The summed E-state index contributed by atoms with van der Waals surface area (Å²) in [5.41, 5.74) is 3.04. The van der Waals surface area contributed by atoms with Gasteiger partial charge in [-0.25, -0.2) is 0 Å². The zero-order chi connectivity index (χ0) is 17.6. The summed E-state index contributed by atoms with van der Waals surface area (Å²) in [6.45, 7) is 0.713. The molecule has 6 heteroatoms. The Balaban J connectivity index is 1.56. The van der Waals surface area contributed by atoms with Crippen molar-refractivity contribution in [2.24, 2.45) is 5.92 Å². The van der Waals surface area contributed by atoms with Crippen molar-refractivity contribution in [1.29, 1.82) is 0 Å². The molecule has 1 aliphatic heterocycles. The molecule has 0 unspecified atom stereocenters. The summed E-state index contributed by atoms with van der Waals surface area (Å²) in [7, 11) is 0. The van der Waals surface area contributed by atoms with Gasteiger partial charge >= 0.3 is 0 Å². The number of nitrogens with one attached hydrogen (secondary N) is 1. The van der Waals surface area contributed by atoms with Crippen LogP contribution in [0.1, 0.15) is 28.8 Å². The van der Waals surface area contributed by atoms with Gasteiger partial charge in [-0.05, 0) is 55.2 Å². The first-order chi connectivity index (χ1) is 12.0. The Hall–Kier alpha value is -2.04. The fourth-order valence-corrected chi connectivity index (χ4v) is 3.60. The Morgan fingerprint density at radius 1 is 1.08 bits per heavy atom. The Morgan fingerprint density at radius 2 is 1.88 bits per heavy atom. The average Bonchev–Trinajstić information content (AvgIpc) is 3.34. The number of anilines is 2. The largest absolute Gasteiger partial charge is 0.322 e. The van der Waals surface area contributed by atoms with Gasteiger partial charge in [-0.3, -0.25) is 9.59 Å². The molecule has 4 rings (SSSR count). The second kappa shape index (κ2) is 6.36. The SMILES string of the molecule is O=C(Nc1ccc2c(c1)N(C(=O)C1CC1)CC2)c1ccc(Cl)cc1Cl. The smallest absolute Gasteiger partial charge is 0.257 e. The number of fused-ring (bicyclic) bond motifs is 1. The van der Waals surface area contributed by atoms with E-state index in [0.29, 0.717) is 27.8 Å². The van der Waals surface area contributed by atoms with Crippen LogP contribution in [0, 0.1) is 5.92 Å². The fourth-order valence-electron chi connectivity index (χ4n) is 3.11. The zero-order valence-corrected chi connectivity index (χ0v) is 14.9. The number of hydrogen-bond acceptors (Lipinski definition) is 2. The third-order valence-electron chi connectivity index (χ3n) is 4.61. The first-order valence-corrected chi connectivity index (χ1v) is 8.99. The van der Waals surface area contributed by atoms with Crippen molar-refractivity contribution in [1.82, 2.24) is 0 Å². The molecule has 1 heterocycles. The first kappa shape index (κ1) is 16.4. The van der Waals surface area contributed by atoms with Gasteiger partial charge in [0.15, 0.2) is 0 Å². The number of rotatable bonds is 3. The predicted molar refractivity (Wildman–Crippen MR) is 99.6 cm³/mol. The highest BCUT2D eigenvalue weighted by molar-refractivity contribution is 6.37. The summed E-state index contributed by atoms with van der Waals surface area (Å²) in [4.78, 5) is 26.7. The number of carbonyl (C=O) groups excluding carboxylic acids is 2. The van der Waals surface area contributed by atoms with E-state index in [9.17, 15) is 9.59 Å². The monoisotopic (exact) mass is 374 g/mol. The number of nitrogens with zero attached hydrogens (tertiary/aromatic N) is 1. The van der Waals surface area contributed by atoms with Gasteiger partial charge in [0, 0.05) is 28.9 Å². The maximum atomic E-state index is 12.5. The highest BCUT2D eigenvalue weighted by Gasteiger charge is 2.36. The van der Waals surface area contributed by atoms with Gasteiger partial charge < -0.3 is 10.2 Å². The lowest BCUT2D eigenvalue weighted by Crippen LogP contribution is -2.30. The van der Waals surface area contributed by atoms with Crippen molar-refractivity contribution in [2.75, 3.05) is 16.8 Å². The second-order valence-corrected chi connectivity index (χ2v) is 7.28. The molecule has 25 heavy (non-hydrogen) atoms. The van der Waals surface area contributed by atoms with Crippen LogP contribution < -0.4 is 10.2 Å². The van der Waals surface area contributed by atoms with Gasteiger partial charge in [0.25, 0.3) is 5.91 Å². The molecule has 0 atom stereocenters. The van der Waals surface area contributed by atoms with E-state index in [1.165, 1.54) is 6.07 Å². The van der Waals surface area contributed by atoms with Crippen molar-refractivity contribution >= 4 is 46.4 Å². The minimum Gasteiger partial charge on any atom is -0.322 e. The maximum absolute atomic E-state index is 12.5. The van der Waals surface area contributed by atoms with E-state index in [2.05, 4.69) is 5.32 Å². The normalized spacial score (nSPS) is 15.8. The minimum atomic E-state index is -0.306. The van der Waals surface area contributed by atoms with Crippen molar-refractivity contribution in [2.45, 2.75) is 19.3 Å². The molecule has 2 aromatic rings. The number of hydrogen-bond donors (Lipinski definition) is 1. The standard InChI is InChI=1S/C19H16Cl2N2O2/c20-13-4-6-15(16(21)9-13)18(24)22-14-5-3-11-7-8-23(17(11)10-14)19(25)12-1-2-12/h3-6,9-10,12H,1-2,7-8H2,(H,22,24). The van der Waals surface area contributed by atoms with Crippen LogP contribution in [0.3, 0.4) is 0 Å². The number of carbonyl (C=O) groups is 2. The quantitative estimate of drug-likeness (QED) is 0.856. The van der Waals surface area contributed by atoms with Crippen molar-refractivity contribution in [3.05, 3.63) is 57.6 Å². The Kier molecular flexibility index (Phi) is 4.18. The summed E-state index contributed by atoms with van der Waals surface area (Å²) in [5, 5.41) is 3.63. The molecule has 1 fully saturated rings. The van der Waals surface area contributed by atoms with Crippen LogP contribution >= 0.6 is 23.2 Å². The lowest BCUT2D eigenvalue weighted by molar-refractivity contribution is -0.119. The first-order valence-electron chi connectivity index (χ1n) is 8.23. The molecule has 1 aliphatic carbocycles. The third-order valence-corrected chi connectivity index (χ3v) is 5.15. The molecule has 0 spiro atoms. The number of amides is 2. The van der Waals surface area contributed by atoms with E-state index in [-0.39, 0.29) is 17.7 Å². The summed E-state index contributed by atoms with van der Waals surface area (Å²) in [6.07, 6.45) is 2.82. The summed E-state index contributed by atoms with van der Waals surface area (Å²) >= 11 is 12.0. The lowest BCUT2D eigenvalue weighted by atomic mass is 10.1. The van der Waals surface area contributed by atoms with Crippen LogP contribution in [0.25, 0.3) is 0 Å². The van der Waals surface area contributed by atoms with Crippen LogP contribution in [-0.4, -0.2) is 18.4 Å². The van der Waals surface area contributed by atoms with Crippen molar-refractivity contribution < 1.29 is 9.59 Å². The topological polar surface area (TPSA) is 49.4 Å². The van der Waals surface area contributed by atoms with Crippen molar-refractivity contribution in [3.8, 4) is 0 Å². The molecule has 2 amide bonds. The van der Waals surface area contributed by atoms with Gasteiger partial charge in [-0.2, -0.15) is 0 Å². The molecule has 2 aliphatic rings. The van der Waals surface area contributed by atoms with E-state index in [1.54, 1.807) is 12.1 Å². The Labute approximate surface area is 155 Å². The van der Waals surface area contributed by atoms with E-state index in [1.807, 2.05) is 23.1 Å². The molecule has 2 aromatic carbocycles. The van der Waals surface area contributed by atoms with Crippen LogP contribution in [0.5, 0.6) is 0 Å². The molecular weight excluding hydrogens is 359 g/mol. The van der Waals surface area contributed by atoms with Gasteiger partial charge in [0.05, 0.1) is 10.6 Å². The number of halogens is 2. The minimum absolute atomic E-state index is 0.178.